The van der Waals surface area contributed by atoms with Gasteiger partial charge in [0.15, 0.2) is 0 Å². The summed E-state index contributed by atoms with van der Waals surface area (Å²) in [7, 11) is 0. The van der Waals surface area contributed by atoms with Gasteiger partial charge in [-0.05, 0) is 25.8 Å². The predicted molar refractivity (Wildman–Crippen MR) is 64.4 cm³/mol. The normalized spacial score (nSPS) is 21.6. The molecule has 1 saturated carbocycles. The molecule has 2 heterocycles. The number of rotatable bonds is 3. The molecule has 3 heteroatoms. The second-order valence-electron chi connectivity index (χ2n) is 4.89. The molecule has 16 heavy (non-hydrogen) atoms. The van der Waals surface area contributed by atoms with Crippen molar-refractivity contribution in [3.8, 4) is 0 Å². The van der Waals surface area contributed by atoms with E-state index in [-0.39, 0.29) is 0 Å². The zero-order chi connectivity index (χ0) is 10.8. The highest BCUT2D eigenvalue weighted by Gasteiger charge is 2.22. The van der Waals surface area contributed by atoms with Gasteiger partial charge in [-0.25, -0.2) is 4.98 Å². The first-order chi connectivity index (χ1) is 7.93. The van der Waals surface area contributed by atoms with Crippen LogP contribution in [-0.4, -0.2) is 22.6 Å². The van der Waals surface area contributed by atoms with Gasteiger partial charge in [-0.15, -0.1) is 0 Å². The van der Waals surface area contributed by atoms with Crippen molar-refractivity contribution in [3.63, 3.8) is 0 Å². The molecular weight excluding hydrogens is 198 g/mol. The van der Waals surface area contributed by atoms with Crippen molar-refractivity contribution in [2.75, 3.05) is 13.1 Å². The van der Waals surface area contributed by atoms with Crippen LogP contribution < -0.4 is 5.32 Å². The van der Waals surface area contributed by atoms with E-state index in [1.165, 1.54) is 31.4 Å². The van der Waals surface area contributed by atoms with Gasteiger partial charge < -0.3 is 9.88 Å². The summed E-state index contributed by atoms with van der Waals surface area (Å²) >= 11 is 0. The molecule has 0 amide bonds. The third-order valence-corrected chi connectivity index (χ3v) is 3.80. The minimum atomic E-state index is 0.782. The van der Waals surface area contributed by atoms with Gasteiger partial charge in [-0.1, -0.05) is 18.1 Å². The van der Waals surface area contributed by atoms with Gasteiger partial charge in [0, 0.05) is 30.9 Å². The Balaban J connectivity index is 1.73. The van der Waals surface area contributed by atoms with Crippen LogP contribution in [0.5, 0.6) is 0 Å². The minimum Gasteiger partial charge on any atom is -0.330 e. The number of nitrogens with zero attached hydrogens (tertiary/aromatic N) is 2. The molecule has 3 rings (SSSR count). The molecule has 0 radical (unpaired) electrons. The highest BCUT2D eigenvalue weighted by molar-refractivity contribution is 5.14. The van der Waals surface area contributed by atoms with E-state index in [0.29, 0.717) is 0 Å². The van der Waals surface area contributed by atoms with E-state index in [1.807, 2.05) is 6.33 Å². The van der Waals surface area contributed by atoms with E-state index >= 15 is 0 Å². The third kappa shape index (κ3) is 1.92. The predicted octanol–water partition coefficient (Wildman–Crippen LogP) is 2.07. The minimum absolute atomic E-state index is 0.782. The van der Waals surface area contributed by atoms with Crippen LogP contribution in [-0.2, 0) is 6.54 Å². The largest absolute Gasteiger partial charge is 0.330 e. The Hall–Kier alpha value is -1.09. The van der Waals surface area contributed by atoms with Crippen molar-refractivity contribution in [2.45, 2.75) is 38.1 Å². The standard InChI is InChI=1S/C13H19N3/c1-2-12(3-1)13-8-15-10-16(13)9-11-4-6-14-7-5-11/h4,8,10,12,14H,1-3,5-7,9H2. The van der Waals surface area contributed by atoms with Crippen LogP contribution in [0.3, 0.4) is 0 Å². The zero-order valence-electron chi connectivity index (χ0n) is 9.65. The fraction of sp³-hybridized carbons (Fsp3) is 0.615. The summed E-state index contributed by atoms with van der Waals surface area (Å²) in [4.78, 5) is 4.31. The Labute approximate surface area is 96.6 Å². The molecule has 0 unspecified atom stereocenters. The summed E-state index contributed by atoms with van der Waals surface area (Å²) in [5, 5.41) is 3.35. The van der Waals surface area contributed by atoms with Crippen LogP contribution in [0.15, 0.2) is 24.2 Å². The van der Waals surface area contributed by atoms with Gasteiger partial charge in [-0.3, -0.25) is 0 Å². The molecule has 0 atom stereocenters. The Morgan fingerprint density at radius 1 is 1.44 bits per heavy atom. The molecule has 3 nitrogen and oxygen atoms in total. The lowest BCUT2D eigenvalue weighted by Crippen LogP contribution is -2.23. The summed E-state index contributed by atoms with van der Waals surface area (Å²) in [6.45, 7) is 3.20. The van der Waals surface area contributed by atoms with Crippen molar-refractivity contribution in [1.82, 2.24) is 14.9 Å². The number of hydrogen-bond acceptors (Lipinski definition) is 2. The number of aromatic nitrogens is 2. The number of imidazole rings is 1. The lowest BCUT2D eigenvalue weighted by Gasteiger charge is -2.27. The summed E-state index contributed by atoms with van der Waals surface area (Å²) in [6.07, 6.45) is 11.7. The first-order valence-electron chi connectivity index (χ1n) is 6.32. The van der Waals surface area contributed by atoms with Crippen LogP contribution >= 0.6 is 0 Å². The maximum atomic E-state index is 4.31. The monoisotopic (exact) mass is 217 g/mol. The molecule has 1 fully saturated rings. The second-order valence-corrected chi connectivity index (χ2v) is 4.89. The van der Waals surface area contributed by atoms with E-state index in [9.17, 15) is 0 Å². The van der Waals surface area contributed by atoms with Crippen molar-refractivity contribution in [2.24, 2.45) is 0 Å². The fourth-order valence-electron chi connectivity index (χ4n) is 2.54. The van der Waals surface area contributed by atoms with Crippen molar-refractivity contribution < 1.29 is 0 Å². The molecule has 0 saturated heterocycles. The molecule has 1 N–H and O–H groups in total. The van der Waals surface area contributed by atoms with Gasteiger partial charge in [0.05, 0.1) is 6.33 Å². The first-order valence-corrected chi connectivity index (χ1v) is 6.32. The molecule has 2 aliphatic rings. The molecule has 1 aromatic rings. The molecule has 0 bridgehead atoms. The molecule has 0 spiro atoms. The maximum absolute atomic E-state index is 4.31. The van der Waals surface area contributed by atoms with E-state index in [0.717, 1.165) is 25.6 Å². The van der Waals surface area contributed by atoms with E-state index in [1.54, 1.807) is 5.57 Å². The van der Waals surface area contributed by atoms with Gasteiger partial charge in [0.1, 0.15) is 0 Å². The Bertz CT molecular complexity index is 388. The molecule has 1 aliphatic carbocycles. The quantitative estimate of drug-likeness (QED) is 0.785. The number of hydrogen-bond donors (Lipinski definition) is 1. The molecular formula is C13H19N3. The maximum Gasteiger partial charge on any atom is 0.0951 e. The Morgan fingerprint density at radius 3 is 3.06 bits per heavy atom. The van der Waals surface area contributed by atoms with Crippen LogP contribution in [0.25, 0.3) is 0 Å². The summed E-state index contributed by atoms with van der Waals surface area (Å²) < 4.78 is 2.35. The average molecular weight is 217 g/mol. The Kier molecular flexibility index (Phi) is 2.79. The second kappa shape index (κ2) is 4.42. The van der Waals surface area contributed by atoms with Crippen molar-refractivity contribution in [1.29, 1.82) is 0 Å². The van der Waals surface area contributed by atoms with E-state index in [2.05, 4.69) is 27.1 Å². The van der Waals surface area contributed by atoms with Gasteiger partial charge in [0.25, 0.3) is 0 Å². The number of nitrogens with one attached hydrogen (secondary N) is 1. The van der Waals surface area contributed by atoms with Crippen molar-refractivity contribution >= 4 is 0 Å². The summed E-state index contributed by atoms with van der Waals surface area (Å²) in [5.41, 5.74) is 3.00. The summed E-state index contributed by atoms with van der Waals surface area (Å²) in [5.74, 6) is 0.782. The van der Waals surface area contributed by atoms with E-state index < -0.39 is 0 Å². The van der Waals surface area contributed by atoms with Crippen LogP contribution in [0.2, 0.25) is 0 Å². The topological polar surface area (TPSA) is 29.9 Å². The lowest BCUT2D eigenvalue weighted by molar-refractivity contribution is 0.398. The third-order valence-electron chi connectivity index (χ3n) is 3.80. The average Bonchev–Trinajstić information content (AvgIpc) is 2.66. The SMILES string of the molecule is C1=C(Cn2cncc2C2CCC2)CCNC1. The van der Waals surface area contributed by atoms with Crippen LogP contribution in [0, 0.1) is 0 Å². The van der Waals surface area contributed by atoms with Gasteiger partial charge in [0.2, 0.25) is 0 Å². The molecule has 1 aromatic heterocycles. The van der Waals surface area contributed by atoms with E-state index in [4.69, 9.17) is 0 Å². The lowest BCUT2D eigenvalue weighted by atomic mass is 9.83. The Morgan fingerprint density at radius 2 is 2.38 bits per heavy atom. The van der Waals surface area contributed by atoms with Gasteiger partial charge >= 0.3 is 0 Å². The summed E-state index contributed by atoms with van der Waals surface area (Å²) in [6, 6.07) is 0. The van der Waals surface area contributed by atoms with Crippen LogP contribution in [0.1, 0.15) is 37.3 Å². The first kappa shape index (κ1) is 10.1. The smallest absolute Gasteiger partial charge is 0.0951 e. The van der Waals surface area contributed by atoms with Gasteiger partial charge in [-0.2, -0.15) is 0 Å². The molecule has 1 aliphatic heterocycles. The highest BCUT2D eigenvalue weighted by atomic mass is 15.0. The van der Waals surface area contributed by atoms with Crippen molar-refractivity contribution in [3.05, 3.63) is 29.9 Å². The zero-order valence-corrected chi connectivity index (χ0v) is 9.65. The highest BCUT2D eigenvalue weighted by Crippen LogP contribution is 2.36. The molecule has 86 valence electrons. The molecule has 0 aromatic carbocycles. The fourth-order valence-corrected chi connectivity index (χ4v) is 2.54. The van der Waals surface area contributed by atoms with Crippen LogP contribution in [0.4, 0.5) is 0 Å².